The van der Waals surface area contributed by atoms with Crippen molar-refractivity contribution in [3.05, 3.63) is 111 Å². The minimum absolute atomic E-state index is 0.137. The van der Waals surface area contributed by atoms with Crippen LogP contribution in [0, 0.1) is 16.0 Å². The molecule has 14 nitrogen and oxygen atoms in total. The lowest BCUT2D eigenvalue weighted by atomic mass is 9.82. The Labute approximate surface area is 295 Å². The number of aromatic nitrogens is 3. The number of fused-ring (bicyclic) bond motifs is 2. The normalized spacial score (nSPS) is 23.6. The Morgan fingerprint density at radius 3 is 2.49 bits per heavy atom. The highest BCUT2D eigenvalue weighted by atomic mass is 28.4. The zero-order valence-electron chi connectivity index (χ0n) is 28.6. The summed E-state index contributed by atoms with van der Waals surface area (Å²) in [7, 11) is -3.00. The molecule has 3 aliphatic heterocycles. The fourth-order valence-electron chi connectivity index (χ4n) is 8.09. The molecule has 0 saturated carbocycles. The van der Waals surface area contributed by atoms with Crippen LogP contribution in [0.1, 0.15) is 41.6 Å². The van der Waals surface area contributed by atoms with Gasteiger partial charge in [0.1, 0.15) is 6.61 Å². The number of hydrogen-bond acceptors (Lipinski definition) is 10. The summed E-state index contributed by atoms with van der Waals surface area (Å²) in [4.78, 5) is 53.2. The van der Waals surface area contributed by atoms with Crippen molar-refractivity contribution in [2.45, 2.75) is 62.7 Å². The minimum Gasteiger partial charge on any atom is -0.447 e. The molecule has 2 N–H and O–H groups in total. The van der Waals surface area contributed by atoms with E-state index >= 15 is 0 Å². The van der Waals surface area contributed by atoms with Gasteiger partial charge in [0.2, 0.25) is 0 Å². The molecule has 1 aromatic heterocycles. The molecule has 4 heterocycles. The number of nitro groups is 1. The van der Waals surface area contributed by atoms with Crippen molar-refractivity contribution in [1.82, 2.24) is 15.0 Å². The van der Waals surface area contributed by atoms with Crippen molar-refractivity contribution in [2.75, 3.05) is 29.6 Å². The number of cyclic esters (lactones) is 1. The fourth-order valence-corrected chi connectivity index (χ4v) is 10.7. The maximum Gasteiger partial charge on any atom is 0.414 e. The van der Waals surface area contributed by atoms with E-state index in [0.29, 0.717) is 48.7 Å². The molecule has 3 aromatic carbocycles. The summed E-state index contributed by atoms with van der Waals surface area (Å²) in [6.07, 6.45) is 1.20. The van der Waals surface area contributed by atoms with Crippen LogP contribution in [-0.2, 0) is 33.0 Å². The molecule has 2 fully saturated rings. The number of anilines is 2. The number of carbonyl (C=O) groups excluding carboxylic acids is 2. The SMILES string of the molecule is C[C@H]1[C@H]([Si](C)(C)O)[C@@H](CCn2cc(C(CO)c3ccccc3)nn2)O[C@]12C(=O)N(Cc1ccc(N3CCOC3=O)cc1)c1ccc([N+](=O)[O-])cc12. The highest BCUT2D eigenvalue weighted by molar-refractivity contribution is 6.71. The average Bonchev–Trinajstić information content (AvgIpc) is 3.88. The third kappa shape index (κ3) is 6.09. The Kier molecular flexibility index (Phi) is 8.99. The van der Waals surface area contributed by atoms with E-state index in [1.54, 1.807) is 34.0 Å². The minimum atomic E-state index is -3.00. The van der Waals surface area contributed by atoms with Crippen molar-refractivity contribution in [1.29, 1.82) is 0 Å². The van der Waals surface area contributed by atoms with Gasteiger partial charge in [-0.25, -0.2) is 4.79 Å². The van der Waals surface area contributed by atoms with Gasteiger partial charge in [-0.1, -0.05) is 54.6 Å². The molecule has 3 aliphatic rings. The second-order valence-electron chi connectivity index (χ2n) is 14.0. The Bertz CT molecular complexity index is 1950. The van der Waals surface area contributed by atoms with Crippen molar-refractivity contribution in [3.8, 4) is 0 Å². The fraction of sp³-hybridized carbons (Fsp3) is 0.389. The van der Waals surface area contributed by atoms with Crippen molar-refractivity contribution < 1.29 is 33.9 Å². The molecule has 4 aromatic rings. The molecule has 0 aliphatic carbocycles. The lowest BCUT2D eigenvalue weighted by Gasteiger charge is -2.32. The molecule has 51 heavy (non-hydrogen) atoms. The molecule has 5 atom stereocenters. The van der Waals surface area contributed by atoms with Crippen LogP contribution in [-0.4, -0.2) is 76.0 Å². The zero-order chi connectivity index (χ0) is 36.1. The monoisotopic (exact) mass is 712 g/mol. The van der Waals surface area contributed by atoms with Gasteiger partial charge in [-0.15, -0.1) is 5.10 Å². The van der Waals surface area contributed by atoms with Crippen LogP contribution >= 0.6 is 0 Å². The molecule has 15 heteroatoms. The van der Waals surface area contributed by atoms with Crippen LogP contribution in [0.25, 0.3) is 0 Å². The van der Waals surface area contributed by atoms with E-state index < -0.39 is 42.5 Å². The van der Waals surface area contributed by atoms with Crippen LogP contribution in [0.4, 0.5) is 21.9 Å². The molecule has 266 valence electrons. The van der Waals surface area contributed by atoms with E-state index in [-0.39, 0.29) is 30.7 Å². The number of hydrogen-bond donors (Lipinski definition) is 2. The smallest absolute Gasteiger partial charge is 0.414 e. The number of aryl methyl sites for hydroxylation is 1. The first-order chi connectivity index (χ1) is 24.4. The van der Waals surface area contributed by atoms with E-state index in [2.05, 4.69) is 10.3 Å². The lowest BCUT2D eigenvalue weighted by molar-refractivity contribution is -0.385. The van der Waals surface area contributed by atoms with Crippen molar-refractivity contribution in [2.24, 2.45) is 5.92 Å². The predicted octanol–water partition coefficient (Wildman–Crippen LogP) is 4.70. The van der Waals surface area contributed by atoms with E-state index in [0.717, 1.165) is 11.1 Å². The van der Waals surface area contributed by atoms with Crippen LogP contribution < -0.4 is 9.80 Å². The van der Waals surface area contributed by atoms with Gasteiger partial charge in [0.05, 0.1) is 48.0 Å². The number of nitro benzene ring substituents is 1. The van der Waals surface area contributed by atoms with Gasteiger partial charge in [0.15, 0.2) is 13.9 Å². The quantitative estimate of drug-likeness (QED) is 0.126. The summed E-state index contributed by atoms with van der Waals surface area (Å²) < 4.78 is 13.6. The number of nitrogens with zero attached hydrogens (tertiary/aromatic N) is 6. The standard InChI is InChI=1S/C36H40N6O8Si/c1-23-33(51(2,3)48)32(15-16-39-21-30(37-38-39)28(22-43)25-7-5-4-6-8-25)50-36(23)29-19-27(42(46)47)13-14-31(29)41(34(36)44)20-24-9-11-26(12-10-24)40-17-18-49-35(40)45/h4-14,19,21,23,28,32-33,43,48H,15-18,20,22H2,1-3H3/t23-,28?,32+,33-,36+/m0/s1. The van der Waals surface area contributed by atoms with Gasteiger partial charge in [0.25, 0.3) is 11.6 Å². The Balaban J connectivity index is 1.18. The summed E-state index contributed by atoms with van der Waals surface area (Å²) in [5.74, 6) is -1.20. The number of ether oxygens (including phenoxy) is 2. The molecule has 0 bridgehead atoms. The van der Waals surface area contributed by atoms with E-state index in [1.807, 2.05) is 62.5 Å². The number of aliphatic hydroxyl groups excluding tert-OH is 1. The van der Waals surface area contributed by atoms with E-state index in [1.165, 1.54) is 17.0 Å². The molecular formula is C36H40N6O8Si. The van der Waals surface area contributed by atoms with Gasteiger partial charge >= 0.3 is 6.09 Å². The largest absolute Gasteiger partial charge is 0.447 e. The molecule has 1 spiro atoms. The maximum atomic E-state index is 14.8. The number of carbonyl (C=O) groups is 2. The number of rotatable bonds is 11. The number of amides is 2. The molecule has 7 rings (SSSR count). The first-order valence-electron chi connectivity index (χ1n) is 17.0. The van der Waals surface area contributed by atoms with Gasteiger partial charge in [-0.05, 0) is 48.8 Å². The third-order valence-corrected chi connectivity index (χ3v) is 13.0. The molecule has 0 radical (unpaired) electrons. The second-order valence-corrected chi connectivity index (χ2v) is 18.0. The number of aliphatic hydroxyl groups is 1. The summed E-state index contributed by atoms with van der Waals surface area (Å²) in [6, 6.07) is 21.3. The van der Waals surface area contributed by atoms with Gasteiger partial charge in [-0.3, -0.25) is 24.5 Å². The molecule has 1 unspecified atom stereocenters. The van der Waals surface area contributed by atoms with Gasteiger partial charge < -0.3 is 24.3 Å². The molecular weight excluding hydrogens is 673 g/mol. The first-order valence-corrected chi connectivity index (χ1v) is 20.0. The Morgan fingerprint density at radius 1 is 1.10 bits per heavy atom. The summed E-state index contributed by atoms with van der Waals surface area (Å²) in [5.41, 5.74) is 1.80. The van der Waals surface area contributed by atoms with Crippen LogP contribution in [0.15, 0.2) is 79.0 Å². The average molecular weight is 713 g/mol. The predicted molar refractivity (Wildman–Crippen MR) is 189 cm³/mol. The zero-order valence-corrected chi connectivity index (χ0v) is 29.6. The topological polar surface area (TPSA) is 173 Å². The van der Waals surface area contributed by atoms with Crippen molar-refractivity contribution >= 4 is 37.4 Å². The van der Waals surface area contributed by atoms with E-state index in [9.17, 15) is 29.6 Å². The summed E-state index contributed by atoms with van der Waals surface area (Å²) >= 11 is 0. The maximum absolute atomic E-state index is 14.8. The van der Waals surface area contributed by atoms with Crippen LogP contribution in [0.2, 0.25) is 18.6 Å². The second kappa shape index (κ2) is 13.3. The molecule has 2 saturated heterocycles. The number of non-ortho nitro benzene ring substituents is 1. The van der Waals surface area contributed by atoms with Crippen molar-refractivity contribution in [3.63, 3.8) is 0 Å². The third-order valence-electron chi connectivity index (χ3n) is 10.5. The van der Waals surface area contributed by atoms with Gasteiger partial charge in [0, 0.05) is 47.6 Å². The van der Waals surface area contributed by atoms with Crippen LogP contribution in [0.3, 0.4) is 0 Å². The number of benzene rings is 3. The summed E-state index contributed by atoms with van der Waals surface area (Å²) in [5, 5.41) is 30.8. The first kappa shape index (κ1) is 34.5. The highest BCUT2D eigenvalue weighted by Gasteiger charge is 2.66. The van der Waals surface area contributed by atoms with Gasteiger partial charge in [-0.2, -0.15) is 0 Å². The summed E-state index contributed by atoms with van der Waals surface area (Å²) in [6.45, 7) is 6.71. The Hall–Kier alpha value is -4.96. The van der Waals surface area contributed by atoms with Crippen LogP contribution in [0.5, 0.6) is 0 Å². The Morgan fingerprint density at radius 2 is 1.84 bits per heavy atom. The highest BCUT2D eigenvalue weighted by Crippen LogP contribution is 2.60. The molecule has 2 amide bonds. The lowest BCUT2D eigenvalue weighted by Crippen LogP contribution is -2.46. The van der Waals surface area contributed by atoms with E-state index in [4.69, 9.17) is 9.47 Å².